The summed E-state index contributed by atoms with van der Waals surface area (Å²) < 4.78 is 5.57. The molecule has 0 aliphatic carbocycles. The maximum absolute atomic E-state index is 12.4. The molecule has 1 aromatic carbocycles. The van der Waals surface area contributed by atoms with Gasteiger partial charge in [-0.05, 0) is 36.4 Å². The number of pyridine rings is 1. The van der Waals surface area contributed by atoms with Crippen LogP contribution in [0.2, 0.25) is 0 Å². The summed E-state index contributed by atoms with van der Waals surface area (Å²) in [5, 5.41) is 9.00. The number of rotatable bonds is 6. The van der Waals surface area contributed by atoms with Gasteiger partial charge in [0.25, 0.3) is 5.91 Å². The fourth-order valence-electron chi connectivity index (χ4n) is 3.02. The molecule has 2 heterocycles. The third-order valence-corrected chi connectivity index (χ3v) is 4.69. The van der Waals surface area contributed by atoms with Crippen LogP contribution in [0.25, 0.3) is 0 Å². The Morgan fingerprint density at radius 2 is 1.86 bits per heavy atom. The van der Waals surface area contributed by atoms with Crippen LogP contribution in [0.15, 0.2) is 42.6 Å². The molecule has 2 aromatic rings. The number of anilines is 1. The van der Waals surface area contributed by atoms with E-state index in [1.165, 1.54) is 0 Å². The molecule has 1 aromatic heterocycles. The quantitative estimate of drug-likeness (QED) is 0.717. The number of piperazine rings is 1. The van der Waals surface area contributed by atoms with Crippen molar-refractivity contribution >= 4 is 17.5 Å². The van der Waals surface area contributed by atoms with Gasteiger partial charge in [-0.2, -0.15) is 5.26 Å². The Morgan fingerprint density at radius 3 is 2.50 bits per heavy atom. The van der Waals surface area contributed by atoms with Gasteiger partial charge >= 0.3 is 0 Å². The topological polar surface area (TPSA) is 86.5 Å². The first-order valence-corrected chi connectivity index (χ1v) is 9.25. The smallest absolute Gasteiger partial charge is 0.260 e. The Labute approximate surface area is 164 Å². The lowest BCUT2D eigenvalue weighted by Crippen LogP contribution is -2.50. The zero-order valence-electron chi connectivity index (χ0n) is 15.8. The van der Waals surface area contributed by atoms with Crippen molar-refractivity contribution in [2.45, 2.75) is 13.3 Å². The van der Waals surface area contributed by atoms with E-state index in [-0.39, 0.29) is 18.3 Å². The first-order valence-electron chi connectivity index (χ1n) is 9.25. The van der Waals surface area contributed by atoms with E-state index in [2.05, 4.69) is 16.0 Å². The van der Waals surface area contributed by atoms with E-state index in [1.54, 1.807) is 47.5 Å². The molecule has 0 atom stereocenters. The van der Waals surface area contributed by atoms with Gasteiger partial charge in [-0.1, -0.05) is 6.92 Å². The van der Waals surface area contributed by atoms with Crippen molar-refractivity contribution in [1.29, 1.82) is 5.26 Å². The number of ether oxygens (including phenoxy) is 1. The summed E-state index contributed by atoms with van der Waals surface area (Å²) >= 11 is 0. The summed E-state index contributed by atoms with van der Waals surface area (Å²) in [6, 6.07) is 12.4. The highest BCUT2D eigenvalue weighted by Crippen LogP contribution is 2.16. The average molecular weight is 378 g/mol. The number of amides is 1. The van der Waals surface area contributed by atoms with Gasteiger partial charge < -0.3 is 14.5 Å². The van der Waals surface area contributed by atoms with E-state index in [0.29, 0.717) is 49.5 Å². The molecule has 0 bridgehead atoms. The van der Waals surface area contributed by atoms with Gasteiger partial charge in [-0.25, -0.2) is 4.98 Å². The van der Waals surface area contributed by atoms with Crippen LogP contribution >= 0.6 is 0 Å². The number of ketones is 1. The lowest BCUT2D eigenvalue weighted by Gasteiger charge is -2.35. The summed E-state index contributed by atoms with van der Waals surface area (Å²) in [6.07, 6.45) is 2.08. The number of hydrogen-bond donors (Lipinski definition) is 0. The summed E-state index contributed by atoms with van der Waals surface area (Å²) in [6.45, 7) is 4.24. The fourth-order valence-corrected chi connectivity index (χ4v) is 3.02. The highest BCUT2D eigenvalue weighted by Gasteiger charge is 2.22. The number of nitriles is 1. The molecule has 0 N–H and O–H groups in total. The molecule has 1 aliphatic heterocycles. The second kappa shape index (κ2) is 9.00. The summed E-state index contributed by atoms with van der Waals surface area (Å²) in [7, 11) is 0. The molecular formula is C21H22N4O3. The lowest BCUT2D eigenvalue weighted by atomic mass is 10.1. The predicted octanol–water partition coefficient (Wildman–Crippen LogP) is 2.27. The molecule has 3 rings (SSSR count). The monoisotopic (exact) mass is 378 g/mol. The minimum atomic E-state index is -0.0768. The van der Waals surface area contributed by atoms with Crippen molar-refractivity contribution < 1.29 is 14.3 Å². The third kappa shape index (κ3) is 4.65. The zero-order chi connectivity index (χ0) is 19.9. The molecule has 1 fully saturated rings. The van der Waals surface area contributed by atoms with Crippen LogP contribution < -0.4 is 9.64 Å². The van der Waals surface area contributed by atoms with E-state index < -0.39 is 0 Å². The normalized spacial score (nSPS) is 13.7. The van der Waals surface area contributed by atoms with Gasteiger partial charge in [0.15, 0.2) is 12.4 Å². The standard InChI is InChI=1S/C21H22N4O3/c1-2-19(26)17-3-5-18(6-4-17)28-15-21(27)25-11-9-24(10-12-25)20-13-16(14-22)7-8-23-20/h3-8,13H,2,9-12,15H2,1H3. The molecule has 0 radical (unpaired) electrons. The van der Waals surface area contributed by atoms with Crippen LogP contribution in [0.1, 0.15) is 29.3 Å². The molecule has 28 heavy (non-hydrogen) atoms. The second-order valence-electron chi connectivity index (χ2n) is 6.47. The number of nitrogens with zero attached hydrogens (tertiary/aromatic N) is 4. The molecule has 1 amide bonds. The molecule has 7 heteroatoms. The maximum atomic E-state index is 12.4. The molecule has 7 nitrogen and oxygen atoms in total. The first kappa shape index (κ1) is 19.4. The van der Waals surface area contributed by atoms with Crippen molar-refractivity contribution in [3.63, 3.8) is 0 Å². The second-order valence-corrected chi connectivity index (χ2v) is 6.47. The maximum Gasteiger partial charge on any atom is 0.260 e. The van der Waals surface area contributed by atoms with Gasteiger partial charge in [0.2, 0.25) is 0 Å². The molecular weight excluding hydrogens is 356 g/mol. The highest BCUT2D eigenvalue weighted by molar-refractivity contribution is 5.95. The molecule has 1 aliphatic rings. The van der Waals surface area contributed by atoms with Crippen LogP contribution in [0.3, 0.4) is 0 Å². The predicted molar refractivity (Wildman–Crippen MR) is 104 cm³/mol. The number of aromatic nitrogens is 1. The van der Waals surface area contributed by atoms with Crippen molar-refractivity contribution in [1.82, 2.24) is 9.88 Å². The number of hydrogen-bond acceptors (Lipinski definition) is 6. The largest absolute Gasteiger partial charge is 0.484 e. The Balaban J connectivity index is 1.48. The number of Topliss-reactive ketones (excluding diaryl/α,β-unsaturated/α-hetero) is 1. The Morgan fingerprint density at radius 1 is 1.14 bits per heavy atom. The van der Waals surface area contributed by atoms with Crippen molar-refractivity contribution in [2.24, 2.45) is 0 Å². The van der Waals surface area contributed by atoms with Crippen LogP contribution in [0.4, 0.5) is 5.82 Å². The van der Waals surface area contributed by atoms with E-state index in [1.807, 2.05) is 6.92 Å². The van der Waals surface area contributed by atoms with Gasteiger partial charge in [-0.15, -0.1) is 0 Å². The SMILES string of the molecule is CCC(=O)c1ccc(OCC(=O)N2CCN(c3cc(C#N)ccn3)CC2)cc1. The summed E-state index contributed by atoms with van der Waals surface area (Å²) in [5.41, 5.74) is 1.22. The minimum absolute atomic E-state index is 0.0385. The summed E-state index contributed by atoms with van der Waals surface area (Å²) in [5.74, 6) is 1.32. The lowest BCUT2D eigenvalue weighted by molar-refractivity contribution is -0.133. The number of benzene rings is 1. The number of carbonyl (C=O) groups is 2. The van der Waals surface area contributed by atoms with E-state index in [0.717, 1.165) is 5.82 Å². The zero-order valence-corrected chi connectivity index (χ0v) is 15.8. The Bertz CT molecular complexity index is 881. The van der Waals surface area contributed by atoms with Gasteiger partial charge in [0, 0.05) is 44.4 Å². The van der Waals surface area contributed by atoms with Crippen LogP contribution in [0, 0.1) is 11.3 Å². The number of carbonyl (C=O) groups excluding carboxylic acids is 2. The first-order chi connectivity index (χ1) is 13.6. The Kier molecular flexibility index (Phi) is 6.22. The van der Waals surface area contributed by atoms with Crippen LogP contribution in [0.5, 0.6) is 5.75 Å². The highest BCUT2D eigenvalue weighted by atomic mass is 16.5. The fraction of sp³-hybridized carbons (Fsp3) is 0.333. The van der Waals surface area contributed by atoms with E-state index in [9.17, 15) is 9.59 Å². The van der Waals surface area contributed by atoms with Crippen molar-refractivity contribution in [3.8, 4) is 11.8 Å². The average Bonchev–Trinajstić information content (AvgIpc) is 2.77. The van der Waals surface area contributed by atoms with Crippen molar-refractivity contribution in [2.75, 3.05) is 37.7 Å². The van der Waals surface area contributed by atoms with Gasteiger partial charge in [0.1, 0.15) is 11.6 Å². The molecule has 1 saturated heterocycles. The van der Waals surface area contributed by atoms with Crippen molar-refractivity contribution in [3.05, 3.63) is 53.7 Å². The van der Waals surface area contributed by atoms with Gasteiger partial charge in [0.05, 0.1) is 11.6 Å². The minimum Gasteiger partial charge on any atom is -0.484 e. The van der Waals surface area contributed by atoms with E-state index >= 15 is 0 Å². The van der Waals surface area contributed by atoms with Gasteiger partial charge in [-0.3, -0.25) is 9.59 Å². The third-order valence-electron chi connectivity index (χ3n) is 4.69. The van der Waals surface area contributed by atoms with Crippen LogP contribution in [-0.2, 0) is 4.79 Å². The molecule has 0 spiro atoms. The van der Waals surface area contributed by atoms with Crippen LogP contribution in [-0.4, -0.2) is 54.4 Å². The molecule has 0 unspecified atom stereocenters. The summed E-state index contributed by atoms with van der Waals surface area (Å²) in [4.78, 5) is 32.2. The molecule has 144 valence electrons. The Hall–Kier alpha value is -3.40. The van der Waals surface area contributed by atoms with E-state index in [4.69, 9.17) is 10.00 Å². The molecule has 0 saturated carbocycles.